The molecule has 1 atom stereocenters. The Morgan fingerprint density at radius 1 is 1.30 bits per heavy atom. The van der Waals surface area contributed by atoms with Gasteiger partial charge in [0.1, 0.15) is 0 Å². The molecule has 1 fully saturated rings. The zero-order chi connectivity index (χ0) is 16.3. The van der Waals surface area contributed by atoms with E-state index in [9.17, 15) is 9.90 Å². The lowest BCUT2D eigenvalue weighted by Gasteiger charge is -2.40. The van der Waals surface area contributed by atoms with Crippen molar-refractivity contribution in [1.29, 1.82) is 0 Å². The maximum atomic E-state index is 12.0. The van der Waals surface area contributed by atoms with Crippen LogP contribution in [0.3, 0.4) is 0 Å². The van der Waals surface area contributed by atoms with Crippen LogP contribution in [-0.2, 0) is 11.2 Å². The largest absolute Gasteiger partial charge is 0.481 e. The van der Waals surface area contributed by atoms with Crippen LogP contribution in [-0.4, -0.2) is 34.1 Å². The van der Waals surface area contributed by atoms with E-state index < -0.39 is 11.4 Å². The Labute approximate surface area is 139 Å². The van der Waals surface area contributed by atoms with Gasteiger partial charge in [-0.1, -0.05) is 23.7 Å². The average Bonchev–Trinajstić information content (AvgIpc) is 2.56. The van der Waals surface area contributed by atoms with E-state index in [1.54, 1.807) is 24.5 Å². The molecular weight excluding hydrogens is 314 g/mol. The van der Waals surface area contributed by atoms with Crippen molar-refractivity contribution in [2.45, 2.75) is 19.3 Å². The van der Waals surface area contributed by atoms with Gasteiger partial charge >= 0.3 is 5.97 Å². The number of benzene rings is 1. The number of piperidine rings is 1. The lowest BCUT2D eigenvalue weighted by atomic mass is 9.75. The molecule has 1 aliphatic heterocycles. The maximum absolute atomic E-state index is 12.0. The smallest absolute Gasteiger partial charge is 0.311 e. The number of hydrogen-bond donors (Lipinski definition) is 1. The average molecular weight is 332 g/mol. The van der Waals surface area contributed by atoms with Crippen molar-refractivity contribution in [2.75, 3.05) is 18.0 Å². The minimum atomic E-state index is -0.845. The summed E-state index contributed by atoms with van der Waals surface area (Å²) < 4.78 is 0. The maximum Gasteiger partial charge on any atom is 0.311 e. The molecule has 5 nitrogen and oxygen atoms in total. The fraction of sp³-hybridized carbons (Fsp3) is 0.353. The van der Waals surface area contributed by atoms with Gasteiger partial charge < -0.3 is 10.0 Å². The summed E-state index contributed by atoms with van der Waals surface area (Å²) in [7, 11) is 0. The molecule has 0 amide bonds. The fourth-order valence-electron chi connectivity index (χ4n) is 3.19. The molecule has 23 heavy (non-hydrogen) atoms. The van der Waals surface area contributed by atoms with Gasteiger partial charge in [0.25, 0.3) is 0 Å². The summed E-state index contributed by atoms with van der Waals surface area (Å²) >= 11 is 6.03. The summed E-state index contributed by atoms with van der Waals surface area (Å²) in [5.74, 6) is -0.193. The predicted octanol–water partition coefficient (Wildman–Crippen LogP) is 3.04. The number of anilines is 1. The standard InChI is InChI=1S/C17H18ClN3O2/c18-14-5-1-4-13(10-14)11-17(15(22)23)6-2-9-21(12-17)16-19-7-3-8-20-16/h1,3-5,7-8,10H,2,6,9,11-12H2,(H,22,23)/t17-/m1/s1. The molecule has 6 heteroatoms. The van der Waals surface area contributed by atoms with Crippen LogP contribution in [0.5, 0.6) is 0 Å². The van der Waals surface area contributed by atoms with Gasteiger partial charge in [-0.2, -0.15) is 0 Å². The molecule has 0 unspecified atom stereocenters. The first kappa shape index (κ1) is 15.7. The SMILES string of the molecule is O=C(O)[C@@]1(Cc2cccc(Cl)c2)CCCN(c2ncccn2)C1. The minimum Gasteiger partial charge on any atom is -0.481 e. The Bertz CT molecular complexity index is 695. The second-order valence-corrected chi connectivity index (χ2v) is 6.40. The van der Waals surface area contributed by atoms with Crippen molar-refractivity contribution < 1.29 is 9.90 Å². The quantitative estimate of drug-likeness (QED) is 0.932. The molecule has 2 aromatic rings. The van der Waals surface area contributed by atoms with E-state index in [2.05, 4.69) is 9.97 Å². The van der Waals surface area contributed by atoms with Crippen molar-refractivity contribution in [1.82, 2.24) is 9.97 Å². The van der Waals surface area contributed by atoms with Crippen molar-refractivity contribution in [3.05, 3.63) is 53.3 Å². The third kappa shape index (κ3) is 3.45. The van der Waals surface area contributed by atoms with E-state index >= 15 is 0 Å². The fourth-order valence-corrected chi connectivity index (χ4v) is 3.40. The van der Waals surface area contributed by atoms with Crippen LogP contribution in [0.1, 0.15) is 18.4 Å². The van der Waals surface area contributed by atoms with Gasteiger partial charge in [-0.3, -0.25) is 4.79 Å². The van der Waals surface area contributed by atoms with Crippen LogP contribution in [0.4, 0.5) is 5.95 Å². The molecule has 1 aromatic carbocycles. The molecule has 1 N–H and O–H groups in total. The van der Waals surface area contributed by atoms with Gasteiger partial charge in [-0.25, -0.2) is 9.97 Å². The Balaban J connectivity index is 1.87. The molecular formula is C17H18ClN3O2. The monoisotopic (exact) mass is 331 g/mol. The Morgan fingerprint density at radius 3 is 2.78 bits per heavy atom. The highest BCUT2D eigenvalue weighted by Crippen LogP contribution is 2.35. The first-order valence-corrected chi connectivity index (χ1v) is 7.97. The second kappa shape index (κ2) is 6.54. The summed E-state index contributed by atoms with van der Waals surface area (Å²) in [6.45, 7) is 1.17. The Kier molecular flexibility index (Phi) is 4.48. The summed E-state index contributed by atoms with van der Waals surface area (Å²) in [5.41, 5.74) is 0.0954. The molecule has 120 valence electrons. The van der Waals surface area contributed by atoms with Crippen LogP contribution in [0, 0.1) is 5.41 Å². The number of carbonyl (C=O) groups is 1. The number of carboxylic acid groups (broad SMARTS) is 1. The highest BCUT2D eigenvalue weighted by atomic mass is 35.5. The summed E-state index contributed by atoms with van der Waals surface area (Å²) in [6, 6.07) is 9.17. The molecule has 1 aliphatic rings. The lowest BCUT2D eigenvalue weighted by molar-refractivity contribution is -0.149. The van der Waals surface area contributed by atoms with E-state index in [1.807, 2.05) is 23.1 Å². The van der Waals surface area contributed by atoms with Crippen LogP contribution in [0.15, 0.2) is 42.7 Å². The highest BCUT2D eigenvalue weighted by Gasteiger charge is 2.43. The molecule has 2 heterocycles. The zero-order valence-electron chi connectivity index (χ0n) is 12.7. The van der Waals surface area contributed by atoms with Gasteiger partial charge in [0.2, 0.25) is 5.95 Å². The molecule has 0 aliphatic carbocycles. The second-order valence-electron chi connectivity index (χ2n) is 5.97. The van der Waals surface area contributed by atoms with E-state index in [4.69, 9.17) is 11.6 Å². The minimum absolute atomic E-state index is 0.402. The predicted molar refractivity (Wildman–Crippen MR) is 88.7 cm³/mol. The Morgan fingerprint density at radius 2 is 2.09 bits per heavy atom. The summed E-state index contributed by atoms with van der Waals surface area (Å²) in [4.78, 5) is 22.5. The summed E-state index contributed by atoms with van der Waals surface area (Å²) in [6.07, 6.45) is 5.24. The first-order valence-electron chi connectivity index (χ1n) is 7.59. The number of rotatable bonds is 4. The topological polar surface area (TPSA) is 66.3 Å². The number of halogens is 1. The van der Waals surface area contributed by atoms with Crippen LogP contribution in [0.2, 0.25) is 5.02 Å². The molecule has 3 rings (SSSR count). The van der Waals surface area contributed by atoms with Gasteiger partial charge in [0.15, 0.2) is 0 Å². The van der Waals surface area contributed by atoms with Crippen molar-refractivity contribution in [2.24, 2.45) is 5.41 Å². The number of hydrogen-bond acceptors (Lipinski definition) is 4. The molecule has 0 bridgehead atoms. The van der Waals surface area contributed by atoms with Gasteiger partial charge in [-0.15, -0.1) is 0 Å². The zero-order valence-corrected chi connectivity index (χ0v) is 13.4. The highest BCUT2D eigenvalue weighted by molar-refractivity contribution is 6.30. The van der Waals surface area contributed by atoms with Gasteiger partial charge in [0.05, 0.1) is 5.41 Å². The van der Waals surface area contributed by atoms with Crippen LogP contribution in [0.25, 0.3) is 0 Å². The molecule has 0 saturated carbocycles. The van der Waals surface area contributed by atoms with E-state index in [0.29, 0.717) is 30.4 Å². The van der Waals surface area contributed by atoms with Crippen LogP contribution < -0.4 is 4.90 Å². The number of aliphatic carboxylic acids is 1. The first-order chi connectivity index (χ1) is 11.1. The summed E-state index contributed by atoms with van der Waals surface area (Å²) in [5, 5.41) is 10.5. The van der Waals surface area contributed by atoms with Gasteiger partial charge in [0, 0.05) is 30.5 Å². The molecule has 1 saturated heterocycles. The van der Waals surface area contributed by atoms with Gasteiger partial charge in [-0.05, 0) is 43.0 Å². The number of carboxylic acids is 1. The normalized spacial score (nSPS) is 21.2. The Hall–Kier alpha value is -2.14. The van der Waals surface area contributed by atoms with Crippen molar-refractivity contribution in [3.8, 4) is 0 Å². The van der Waals surface area contributed by atoms with E-state index in [0.717, 1.165) is 18.5 Å². The third-order valence-corrected chi connectivity index (χ3v) is 4.53. The lowest BCUT2D eigenvalue weighted by Crippen LogP contribution is -2.49. The van der Waals surface area contributed by atoms with E-state index in [1.165, 1.54) is 0 Å². The number of nitrogens with zero attached hydrogens (tertiary/aromatic N) is 3. The number of aromatic nitrogens is 2. The van der Waals surface area contributed by atoms with Crippen LogP contribution >= 0.6 is 11.6 Å². The van der Waals surface area contributed by atoms with E-state index in [-0.39, 0.29) is 0 Å². The van der Waals surface area contributed by atoms with Crippen molar-refractivity contribution >= 4 is 23.5 Å². The third-order valence-electron chi connectivity index (χ3n) is 4.30. The molecule has 0 spiro atoms. The molecule has 0 radical (unpaired) electrons. The van der Waals surface area contributed by atoms with Crippen molar-refractivity contribution in [3.63, 3.8) is 0 Å². The molecule has 1 aromatic heterocycles.